The quantitative estimate of drug-likeness (QED) is 0.236. The van der Waals surface area contributed by atoms with Crippen LogP contribution in [0, 0.1) is 0 Å². The van der Waals surface area contributed by atoms with E-state index in [1.165, 1.54) is 11.3 Å². The number of carbonyl (C=O) groups is 1. The highest BCUT2D eigenvalue weighted by Gasteiger charge is 2.13. The van der Waals surface area contributed by atoms with E-state index in [0.717, 1.165) is 21.9 Å². The van der Waals surface area contributed by atoms with Crippen LogP contribution in [0.2, 0.25) is 0 Å². The van der Waals surface area contributed by atoms with Crippen molar-refractivity contribution in [3.05, 3.63) is 95.5 Å². The zero-order chi connectivity index (χ0) is 22.2. The van der Waals surface area contributed by atoms with Crippen molar-refractivity contribution >= 4 is 17.3 Å². The number of aromatic nitrogens is 1. The van der Waals surface area contributed by atoms with Gasteiger partial charge in [-0.15, -0.1) is 11.3 Å². The third-order valence-corrected chi connectivity index (χ3v) is 5.52. The second-order valence-electron chi connectivity index (χ2n) is 6.97. The lowest BCUT2D eigenvalue weighted by molar-refractivity contribution is -0.133. The highest BCUT2D eigenvalue weighted by Crippen LogP contribution is 2.32. The van der Waals surface area contributed by atoms with Crippen LogP contribution in [0.25, 0.3) is 10.6 Å². The maximum Gasteiger partial charge on any atom is 0.317 e. The molecule has 0 amide bonds. The third kappa shape index (κ3) is 5.74. The summed E-state index contributed by atoms with van der Waals surface area (Å²) in [6, 6.07) is 24.7. The Morgan fingerprint density at radius 2 is 1.59 bits per heavy atom. The summed E-state index contributed by atoms with van der Waals surface area (Å²) in [5.74, 6) is 1.61. The molecule has 1 heterocycles. The highest BCUT2D eigenvalue weighted by atomic mass is 32.1. The van der Waals surface area contributed by atoms with Gasteiger partial charge in [0.25, 0.3) is 0 Å². The van der Waals surface area contributed by atoms with Crippen molar-refractivity contribution in [2.75, 3.05) is 6.61 Å². The van der Waals surface area contributed by atoms with Crippen molar-refractivity contribution in [1.82, 2.24) is 4.98 Å². The second-order valence-corrected chi connectivity index (χ2v) is 7.83. The molecule has 6 heteroatoms. The molecule has 0 saturated heterocycles. The van der Waals surface area contributed by atoms with Crippen molar-refractivity contribution in [2.24, 2.45) is 0 Å². The molecule has 1 aromatic heterocycles. The van der Waals surface area contributed by atoms with E-state index >= 15 is 0 Å². The molecule has 0 saturated carbocycles. The van der Waals surface area contributed by atoms with Crippen LogP contribution in [0.15, 0.2) is 84.2 Å². The fourth-order valence-corrected chi connectivity index (χ4v) is 3.95. The van der Waals surface area contributed by atoms with Crippen LogP contribution in [0.3, 0.4) is 0 Å². The highest BCUT2D eigenvalue weighted by molar-refractivity contribution is 7.13. The molecule has 0 bridgehead atoms. The minimum Gasteiger partial charge on any atom is -0.493 e. The first kappa shape index (κ1) is 21.6. The third-order valence-electron chi connectivity index (χ3n) is 4.60. The smallest absolute Gasteiger partial charge is 0.317 e. The number of ether oxygens (including phenoxy) is 3. The number of hydrogen-bond donors (Lipinski definition) is 0. The van der Waals surface area contributed by atoms with Crippen LogP contribution in [-0.4, -0.2) is 17.6 Å². The molecule has 0 radical (unpaired) electrons. The van der Waals surface area contributed by atoms with Crippen LogP contribution in [-0.2, 0) is 17.8 Å². The number of thiazole rings is 1. The molecule has 0 spiro atoms. The van der Waals surface area contributed by atoms with E-state index < -0.39 is 0 Å². The van der Waals surface area contributed by atoms with Crippen LogP contribution >= 0.6 is 11.3 Å². The number of carbonyl (C=O) groups excluding carboxylic acids is 1. The van der Waals surface area contributed by atoms with Gasteiger partial charge in [0.1, 0.15) is 28.9 Å². The summed E-state index contributed by atoms with van der Waals surface area (Å²) in [6.45, 7) is 3.01. The number of hydrogen-bond acceptors (Lipinski definition) is 6. The van der Waals surface area contributed by atoms with Crippen LogP contribution in [0.5, 0.6) is 17.2 Å². The SMILES string of the molecule is CCOc1ccccc1-c1nc(CC(=O)Oc2ccc(OCc3ccccc3)cc2)cs1. The van der Waals surface area contributed by atoms with E-state index in [4.69, 9.17) is 14.2 Å². The van der Waals surface area contributed by atoms with Crippen molar-refractivity contribution in [3.63, 3.8) is 0 Å². The molecule has 5 nitrogen and oxygen atoms in total. The van der Waals surface area contributed by atoms with E-state index in [0.29, 0.717) is 30.4 Å². The van der Waals surface area contributed by atoms with Gasteiger partial charge < -0.3 is 14.2 Å². The number of esters is 1. The monoisotopic (exact) mass is 445 g/mol. The molecule has 4 rings (SSSR count). The predicted molar refractivity (Wildman–Crippen MR) is 125 cm³/mol. The summed E-state index contributed by atoms with van der Waals surface area (Å²) in [4.78, 5) is 17.0. The van der Waals surface area contributed by atoms with Crippen molar-refractivity contribution in [1.29, 1.82) is 0 Å². The Hall–Kier alpha value is -3.64. The maximum absolute atomic E-state index is 12.4. The molecule has 0 unspecified atom stereocenters. The van der Waals surface area contributed by atoms with Gasteiger partial charge in [-0.2, -0.15) is 0 Å². The average Bonchev–Trinajstić information content (AvgIpc) is 3.28. The van der Waals surface area contributed by atoms with Gasteiger partial charge in [0.15, 0.2) is 0 Å². The average molecular weight is 446 g/mol. The number of benzene rings is 3. The van der Waals surface area contributed by atoms with E-state index in [1.54, 1.807) is 24.3 Å². The van der Waals surface area contributed by atoms with Gasteiger partial charge in [0, 0.05) is 5.38 Å². The summed E-state index contributed by atoms with van der Waals surface area (Å²) in [6.07, 6.45) is 0.0968. The van der Waals surface area contributed by atoms with E-state index in [9.17, 15) is 4.79 Å². The number of rotatable bonds is 9. The van der Waals surface area contributed by atoms with Crippen LogP contribution in [0.4, 0.5) is 0 Å². The minimum absolute atomic E-state index is 0.0968. The van der Waals surface area contributed by atoms with Crippen molar-refractivity contribution in [2.45, 2.75) is 20.0 Å². The second kappa shape index (κ2) is 10.6. The standard InChI is InChI=1S/C26H23NO4S/c1-2-29-24-11-7-6-10-23(24)26-27-20(18-32-26)16-25(28)31-22-14-12-21(13-15-22)30-17-19-8-4-3-5-9-19/h3-15,18H,2,16-17H2,1H3. The number of para-hydroxylation sites is 1. The van der Waals surface area contributed by atoms with Crippen molar-refractivity contribution in [3.8, 4) is 27.8 Å². The zero-order valence-corrected chi connectivity index (χ0v) is 18.5. The van der Waals surface area contributed by atoms with Gasteiger partial charge in [-0.1, -0.05) is 42.5 Å². The summed E-state index contributed by atoms with van der Waals surface area (Å²) < 4.78 is 16.9. The lowest BCUT2D eigenvalue weighted by Crippen LogP contribution is -2.11. The molecule has 0 N–H and O–H groups in total. The van der Waals surface area contributed by atoms with Gasteiger partial charge in [0.05, 0.1) is 24.3 Å². The summed E-state index contributed by atoms with van der Waals surface area (Å²) in [7, 11) is 0. The predicted octanol–water partition coefficient (Wildman–Crippen LogP) is 5.94. The Kier molecular flexibility index (Phi) is 7.15. The van der Waals surface area contributed by atoms with Gasteiger partial charge in [-0.05, 0) is 48.9 Å². The molecule has 4 aromatic rings. The summed E-state index contributed by atoms with van der Waals surface area (Å²) in [5.41, 5.74) is 2.68. The Balaban J connectivity index is 1.32. The summed E-state index contributed by atoms with van der Waals surface area (Å²) in [5, 5.41) is 2.69. The molecule has 3 aromatic carbocycles. The van der Waals surface area contributed by atoms with Crippen molar-refractivity contribution < 1.29 is 19.0 Å². The van der Waals surface area contributed by atoms with Crippen LogP contribution in [0.1, 0.15) is 18.2 Å². The fourth-order valence-electron chi connectivity index (χ4n) is 3.10. The first-order valence-corrected chi connectivity index (χ1v) is 11.2. The molecule has 0 aliphatic carbocycles. The van der Waals surface area contributed by atoms with Gasteiger partial charge in [-0.3, -0.25) is 4.79 Å². The molecule has 32 heavy (non-hydrogen) atoms. The fraction of sp³-hybridized carbons (Fsp3) is 0.154. The minimum atomic E-state index is -0.363. The first-order valence-electron chi connectivity index (χ1n) is 10.4. The van der Waals surface area contributed by atoms with Gasteiger partial charge in [0.2, 0.25) is 0 Å². The largest absolute Gasteiger partial charge is 0.493 e. The van der Waals surface area contributed by atoms with Crippen LogP contribution < -0.4 is 14.2 Å². The summed E-state index contributed by atoms with van der Waals surface area (Å²) >= 11 is 1.48. The Bertz CT molecular complexity index is 1160. The topological polar surface area (TPSA) is 57.7 Å². The van der Waals surface area contributed by atoms with Gasteiger partial charge in [-0.25, -0.2) is 4.98 Å². The lowest BCUT2D eigenvalue weighted by atomic mass is 10.2. The first-order chi connectivity index (χ1) is 15.7. The molecule has 0 aliphatic rings. The molecular formula is C26H23NO4S. The van der Waals surface area contributed by atoms with E-state index in [-0.39, 0.29) is 12.4 Å². The number of nitrogens with zero attached hydrogens (tertiary/aromatic N) is 1. The van der Waals surface area contributed by atoms with Gasteiger partial charge >= 0.3 is 5.97 Å². The molecule has 0 atom stereocenters. The Morgan fingerprint density at radius 1 is 0.875 bits per heavy atom. The molecule has 0 fully saturated rings. The maximum atomic E-state index is 12.4. The Labute approximate surface area is 191 Å². The zero-order valence-electron chi connectivity index (χ0n) is 17.7. The van der Waals surface area contributed by atoms with E-state index in [2.05, 4.69) is 4.98 Å². The lowest BCUT2D eigenvalue weighted by Gasteiger charge is -2.08. The molecule has 0 aliphatic heterocycles. The molecular weight excluding hydrogens is 422 g/mol. The molecule has 162 valence electrons. The Morgan fingerprint density at radius 3 is 2.38 bits per heavy atom. The normalized spacial score (nSPS) is 10.5. The van der Waals surface area contributed by atoms with E-state index in [1.807, 2.05) is 66.9 Å².